The maximum atomic E-state index is 15.3. The molecule has 9 aromatic carbocycles. The average molecular weight is 2090 g/mol. The van der Waals surface area contributed by atoms with E-state index in [4.69, 9.17) is 57.6 Å². The molecule has 12 aromatic rings. The number of likely N-dealkylation sites (N-methyl/N-ethyl adjacent to an activating group) is 3. The summed E-state index contributed by atoms with van der Waals surface area (Å²) in [6.45, 7) is -31.5. The summed E-state index contributed by atoms with van der Waals surface area (Å²) in [4.78, 5) is 98.2. The maximum absolute atomic E-state index is 15.3. The van der Waals surface area contributed by atoms with E-state index in [0.29, 0.717) is 112 Å². The van der Waals surface area contributed by atoms with Gasteiger partial charge in [0, 0.05) is 129 Å². The molecule has 0 fully saturated rings. The van der Waals surface area contributed by atoms with Crippen molar-refractivity contribution in [3.8, 4) is 33.4 Å². The topological polar surface area (TPSA) is 175 Å². The number of halogens is 12. The molecule has 0 saturated carbocycles. The molecule has 2 unspecified atom stereocenters. The Labute approximate surface area is 916 Å². The molecule has 18 nitrogen and oxygen atoms in total. The summed E-state index contributed by atoms with van der Waals surface area (Å²) in [5.74, 6) is -12.7. The molecule has 0 saturated heterocycles. The van der Waals surface area contributed by atoms with Crippen molar-refractivity contribution in [1.82, 2.24) is 58.1 Å². The van der Waals surface area contributed by atoms with Crippen molar-refractivity contribution in [1.29, 1.82) is 0 Å². The summed E-state index contributed by atoms with van der Waals surface area (Å²) >= 11 is 1.30. The largest absolute Gasteiger partial charge is 0.416 e. The van der Waals surface area contributed by atoms with Gasteiger partial charge in [-0.15, -0.1) is 0 Å². The number of rotatable bonds is 39. The van der Waals surface area contributed by atoms with E-state index in [0.717, 1.165) is 48.8 Å². The van der Waals surface area contributed by atoms with Gasteiger partial charge >= 0.3 is 18.5 Å². The monoisotopic (exact) mass is 2090 g/mol. The third kappa shape index (κ3) is 29.1. The molecule has 3 aliphatic rings. The van der Waals surface area contributed by atoms with Crippen molar-refractivity contribution >= 4 is 53.0 Å². The number of benzene rings is 9. The summed E-state index contributed by atoms with van der Waals surface area (Å²) in [6, 6.07) is -16.4. The molecule has 3 aromatic heterocycles. The summed E-state index contributed by atoms with van der Waals surface area (Å²) in [7, 11) is 0. The average Bonchev–Trinajstić information content (AvgIpc) is 1.53. The van der Waals surface area contributed by atoms with E-state index in [1.165, 1.54) is 29.2 Å². The molecule has 0 spiro atoms. The normalized spacial score (nSPS) is 21.2. The molecule has 144 heavy (non-hydrogen) atoms. The number of hydrogen-bond donors (Lipinski definition) is 0. The van der Waals surface area contributed by atoms with E-state index in [1.54, 1.807) is 35.8 Å². The molecule has 33 heteroatoms. The lowest BCUT2D eigenvalue weighted by molar-refractivity contribution is -0.138. The molecule has 0 N–H and O–H groups in total. The first-order valence-electron chi connectivity index (χ1n) is 69.0. The van der Waals surface area contributed by atoms with Gasteiger partial charge in [-0.1, -0.05) is 229 Å². The molecule has 0 bridgehead atoms. The van der Waals surface area contributed by atoms with Crippen molar-refractivity contribution in [2.45, 2.75) is 203 Å². The third-order valence-corrected chi connectivity index (χ3v) is 24.4. The first-order chi connectivity index (χ1) is 88.7. The number of thioether (sulfide) groups is 3. The summed E-state index contributed by atoms with van der Waals surface area (Å²) in [5, 5.41) is -1.46. The van der Waals surface area contributed by atoms with Gasteiger partial charge in [-0.2, -0.15) is 54.5 Å². The number of alkyl halides is 9. The maximum Gasteiger partial charge on any atom is 0.416 e. The highest BCUT2D eigenvalue weighted by molar-refractivity contribution is 7.98. The van der Waals surface area contributed by atoms with Gasteiger partial charge < -0.3 is 43.1 Å². The van der Waals surface area contributed by atoms with Crippen LogP contribution in [0, 0.1) is 30.3 Å². The van der Waals surface area contributed by atoms with Gasteiger partial charge in [-0.05, 0) is 249 Å². The molecular formula is C111H120F12N12O6S3. The van der Waals surface area contributed by atoms with Crippen molar-refractivity contribution in [3.05, 3.63) is 350 Å². The van der Waals surface area contributed by atoms with Crippen LogP contribution in [0.1, 0.15) is 234 Å². The Bertz CT molecular complexity index is 9350. The molecule has 0 radical (unpaired) electrons. The Hall–Kier alpha value is -11.9. The van der Waals surface area contributed by atoms with Crippen LogP contribution < -0.4 is 16.7 Å². The van der Waals surface area contributed by atoms with Crippen LogP contribution in [-0.2, 0) is 121 Å². The summed E-state index contributed by atoms with van der Waals surface area (Å²) in [6.07, 6.45) is -20.1. The Balaban J connectivity index is 0.000000239. The zero-order valence-corrected chi connectivity index (χ0v) is 80.1. The smallest absolute Gasteiger partial charge is 0.336 e. The van der Waals surface area contributed by atoms with Crippen molar-refractivity contribution in [2.75, 3.05) is 78.2 Å². The quantitative estimate of drug-likeness (QED) is 0.0202. The van der Waals surface area contributed by atoms with Crippen LogP contribution in [-0.4, -0.2) is 154 Å². The van der Waals surface area contributed by atoms with Crippen LogP contribution in [0.5, 0.6) is 0 Å². The molecule has 3 heterocycles. The molecule has 762 valence electrons. The lowest BCUT2D eigenvalue weighted by Crippen LogP contribution is -2.42. The minimum Gasteiger partial charge on any atom is -0.336 e. The van der Waals surface area contributed by atoms with Crippen LogP contribution in [0.25, 0.3) is 33.4 Å². The molecule has 3 aliphatic carbocycles. The van der Waals surface area contributed by atoms with Gasteiger partial charge in [0.25, 0.3) is 16.7 Å². The SMILES string of the molecule is [2H]C([2H])(Sc1nc(=O)c2c(n1CC(=O)N(CCN(CC)CC)C([2H])(C)c1ccc(-c3ccc(C(F)(F)F)cc3)cc1)CCC2)c1ccc(F)cc1.[2H]c1c([2H])c(CSc2nc(=O)c3c(n2CC(=O)N(C([2H])([2H])c2c([2H])c([2H])c(-c4c([2H])c([2H])c(C(F)(F)F)c(C)c4[2H])c([2H])c2[2H])C([2H])([2H])C([2H])([2H])N(C([2H])([2H])C)C([2H])([2H])C)CCC3)c([2H])c([2H])c1F.[2H]c1c([2H])c(CSc2nc(=O)c3c(n2CC(=O)N(C([2H])([2H])c2c([2H])c([2H])c(-c4c([2H])c([2H])c(C(F)(F)F)c([2H])c4[2H])c([2H])c2[2H])C([2H])([2H])C([2H])([2H])N(C([2H])([2H])C)C([2H])([2H])C)C([2H])([2H])C([2H])(C)C3([2H])[2H])c([2H])c([2H])c1F. The summed E-state index contributed by atoms with van der Waals surface area (Å²) < 4.78 is 609. The molecule has 0 aliphatic heterocycles. The van der Waals surface area contributed by atoms with E-state index in [2.05, 4.69) is 19.9 Å². The highest BCUT2D eigenvalue weighted by Gasteiger charge is 2.36. The number of fused-ring (bicyclic) bond motifs is 3. The summed E-state index contributed by atoms with van der Waals surface area (Å²) in [5.41, 5.74) is -19.3. The Morgan fingerprint density at radius 3 is 1.30 bits per heavy atom. The van der Waals surface area contributed by atoms with E-state index in [-0.39, 0.29) is 75.6 Å². The first-order valence-corrected chi connectivity index (χ1v) is 46.3. The number of carbonyl (C=O) groups is 3. The van der Waals surface area contributed by atoms with Crippen molar-refractivity contribution in [2.24, 2.45) is 5.89 Å². The van der Waals surface area contributed by atoms with Gasteiger partial charge in [0.15, 0.2) is 15.5 Å². The number of aromatic nitrogens is 6. The Morgan fingerprint density at radius 2 is 0.854 bits per heavy atom. The van der Waals surface area contributed by atoms with E-state index >= 15 is 9.59 Å². The minimum atomic E-state index is -5.52. The fraction of sp³-hybridized carbons (Fsp3) is 0.378. The Kier molecular flexibility index (Phi) is 20.8. The first kappa shape index (κ1) is 59.7. The van der Waals surface area contributed by atoms with E-state index < -0.39 is 432 Å². The van der Waals surface area contributed by atoms with Gasteiger partial charge in [-0.3, -0.25) is 28.8 Å². The fourth-order valence-electron chi connectivity index (χ4n) is 14.3. The second-order valence-corrected chi connectivity index (χ2v) is 33.5. The highest BCUT2D eigenvalue weighted by atomic mass is 32.2. The number of carbonyl (C=O) groups excluding carboxylic acids is 3. The number of hydrogen-bond acceptors (Lipinski definition) is 15. The highest BCUT2D eigenvalue weighted by Crippen LogP contribution is 2.39. The van der Waals surface area contributed by atoms with Crippen LogP contribution in [0.15, 0.2) is 242 Å². The van der Waals surface area contributed by atoms with Crippen LogP contribution >= 0.6 is 35.3 Å². The minimum absolute atomic E-state index is 0.00246. The molecule has 15 rings (SSSR count). The van der Waals surface area contributed by atoms with E-state index in [9.17, 15) is 84.2 Å². The standard InChI is InChI=1S/3C37H40F4N4O2S/c1-4-43(5-2)18-19-44(22-26-6-10-28(11-7-26)29-12-14-30(15-13-29)37(39,40)41)34(46)23-45-33-21-25(3)20-32(33)35(47)42-36(45)48-24-27-8-16-31(38)17-9-27;1-4-43(5-2)21-22-44(25(3)27-11-13-28(14-12-27)29-15-17-30(18-16-29)37(39,40)41)34(46)23-45-33-8-6-7-32(33)35(47)42-36(45)48-24-26-9-19-31(38)20-10-26;1-4-43(5-2)19-20-44(22-26-9-13-28(14-10-26)29-15-18-32(25(3)21-29)37(39,40)41)34(46)23-45-33-8-6-7-31(33)35(47)42-36(45)48-24-27-11-16-30(38)17-12-27/h6-17,25H,4-5,18-24H2,1-3H3;9-20,25H,4-8,21-24H2,1-3H3;9-18,21H,4-8,19-20,22-24H2,1-3H3/i4D2,5D2,6D,7D,8D,9D,10D,11D,12D,13D,14D,15D,16D,17D,18D2,19D2,20D2,21D2,22D2,25D;24D2,25D;4D2,5D2,9D,10D,11D,12D,13D,14D,15D,16D,17D,18D,19D2,20D2,21D,22D2. The second-order valence-electron chi connectivity index (χ2n) is 30.9. The zero-order chi connectivity index (χ0) is 148. The van der Waals surface area contributed by atoms with Crippen LogP contribution in [0.3, 0.4) is 0 Å². The predicted octanol–water partition coefficient (Wildman–Crippen LogP) is 22.8. The molecule has 3 amide bonds. The fourth-order valence-corrected chi connectivity index (χ4v) is 16.8. The number of amides is 3. The lowest BCUT2D eigenvalue weighted by Gasteiger charge is -2.33. The van der Waals surface area contributed by atoms with Gasteiger partial charge in [-0.25, -0.2) is 13.2 Å². The van der Waals surface area contributed by atoms with Crippen molar-refractivity contribution < 1.29 is 137 Å². The lowest BCUT2D eigenvalue weighted by atomic mass is 9.98. The van der Waals surface area contributed by atoms with Gasteiger partial charge in [0.1, 0.15) is 37.1 Å². The molecular weight excluding hydrogens is 1920 g/mol. The molecule has 2 atom stereocenters. The predicted molar refractivity (Wildman–Crippen MR) is 544 cm³/mol. The van der Waals surface area contributed by atoms with Crippen LogP contribution in [0.2, 0.25) is 0 Å². The van der Waals surface area contributed by atoms with Crippen LogP contribution in [0.4, 0.5) is 52.7 Å². The second kappa shape index (κ2) is 50.3. The Morgan fingerprint density at radius 1 is 0.444 bits per heavy atom. The third-order valence-electron chi connectivity index (χ3n) is 21.6. The zero-order valence-electron chi connectivity index (χ0n) is 129. The van der Waals surface area contributed by atoms with Gasteiger partial charge in [0.2, 0.25) is 17.7 Å². The van der Waals surface area contributed by atoms with Crippen molar-refractivity contribution in [3.63, 3.8) is 0 Å². The van der Waals surface area contributed by atoms with E-state index in [1.807, 2.05) is 13.8 Å². The number of nitrogens with zero attached hydrogens (tertiary/aromatic N) is 12. The van der Waals surface area contributed by atoms with Gasteiger partial charge in [0.05, 0.1) is 66.6 Å².